The first kappa shape index (κ1) is 21.5. The number of pyridine rings is 1. The zero-order valence-electron chi connectivity index (χ0n) is 16.9. The highest BCUT2D eigenvalue weighted by atomic mass is 79.9. The zero-order chi connectivity index (χ0) is 22.7. The maximum Gasteiger partial charge on any atom is 0.338 e. The molecule has 0 aliphatic carbocycles. The van der Waals surface area contributed by atoms with Gasteiger partial charge in [0.25, 0.3) is 5.56 Å². The molecule has 2 aromatic carbocycles. The van der Waals surface area contributed by atoms with Crippen LogP contribution in [0.4, 0.5) is 0 Å². The Balaban J connectivity index is 1.43. The van der Waals surface area contributed by atoms with E-state index in [0.29, 0.717) is 22.7 Å². The maximum atomic E-state index is 12.4. The van der Waals surface area contributed by atoms with Crippen LogP contribution in [0.3, 0.4) is 0 Å². The summed E-state index contributed by atoms with van der Waals surface area (Å²) < 4.78 is 12.5. The van der Waals surface area contributed by atoms with Gasteiger partial charge in [0.05, 0.1) is 11.3 Å². The number of halogens is 1. The average Bonchev–Trinajstić information content (AvgIpc) is 2.78. The minimum absolute atomic E-state index is 0.111. The lowest BCUT2D eigenvalue weighted by molar-refractivity contribution is -0.131. The molecule has 32 heavy (non-hydrogen) atoms. The van der Waals surface area contributed by atoms with E-state index < -0.39 is 5.97 Å². The molecule has 4 aromatic rings. The summed E-state index contributed by atoms with van der Waals surface area (Å²) in [5, 5.41) is 0. The van der Waals surface area contributed by atoms with Crippen molar-refractivity contribution in [2.24, 2.45) is 0 Å². The Morgan fingerprint density at radius 2 is 1.62 bits per heavy atom. The largest absolute Gasteiger partial charge is 0.456 e. The molecule has 2 heterocycles. The molecule has 0 saturated heterocycles. The molecule has 0 N–H and O–H groups in total. The summed E-state index contributed by atoms with van der Waals surface area (Å²) in [5.41, 5.74) is 2.77. The number of hydrogen-bond acceptors (Lipinski definition) is 6. The fraction of sp³-hybridized carbons (Fsp3) is 0.0833. The third-order valence-corrected chi connectivity index (χ3v) is 5.07. The highest BCUT2D eigenvalue weighted by molar-refractivity contribution is 9.10. The second kappa shape index (κ2) is 9.15. The van der Waals surface area contributed by atoms with Crippen LogP contribution in [0.25, 0.3) is 16.8 Å². The summed E-state index contributed by atoms with van der Waals surface area (Å²) in [7, 11) is 0. The van der Waals surface area contributed by atoms with Crippen molar-refractivity contribution in [3.63, 3.8) is 0 Å². The number of aromatic nitrogens is 2. The second-order valence-electron chi connectivity index (χ2n) is 6.93. The van der Waals surface area contributed by atoms with E-state index in [-0.39, 0.29) is 18.1 Å². The van der Waals surface area contributed by atoms with Gasteiger partial charge in [-0.3, -0.25) is 14.0 Å². The Bertz CT molecular complexity index is 1360. The van der Waals surface area contributed by atoms with Crippen LogP contribution in [0.5, 0.6) is 5.75 Å². The van der Waals surface area contributed by atoms with Gasteiger partial charge < -0.3 is 9.47 Å². The predicted octanol–water partition coefficient (Wildman–Crippen LogP) is 4.41. The molecule has 0 unspecified atom stereocenters. The van der Waals surface area contributed by atoms with Crippen LogP contribution in [0, 0.1) is 0 Å². The van der Waals surface area contributed by atoms with Crippen LogP contribution in [0.15, 0.2) is 82.2 Å². The van der Waals surface area contributed by atoms with Gasteiger partial charge in [-0.25, -0.2) is 9.78 Å². The molecule has 0 amide bonds. The molecule has 0 aliphatic rings. The van der Waals surface area contributed by atoms with Crippen molar-refractivity contribution in [2.75, 3.05) is 0 Å². The molecule has 0 radical (unpaired) electrons. The van der Waals surface area contributed by atoms with E-state index in [0.717, 1.165) is 15.6 Å². The zero-order valence-corrected chi connectivity index (χ0v) is 18.5. The van der Waals surface area contributed by atoms with Crippen LogP contribution in [0.2, 0.25) is 0 Å². The lowest BCUT2D eigenvalue weighted by Crippen LogP contribution is -2.16. The Morgan fingerprint density at radius 1 is 0.969 bits per heavy atom. The van der Waals surface area contributed by atoms with E-state index >= 15 is 0 Å². The number of nitrogens with zero attached hydrogens (tertiary/aromatic N) is 2. The molecule has 0 saturated carbocycles. The molecule has 0 fully saturated rings. The standard InChI is InChI=1S/C24H17BrN2O5/c1-15(28)32-21-9-6-17(7-10-21)16-2-4-18(5-3-16)24(30)31-14-20-12-23(29)27-13-19(25)8-11-22(27)26-20/h2-13H,14H2,1H3. The monoisotopic (exact) mass is 492 g/mol. The van der Waals surface area contributed by atoms with Crippen LogP contribution in [0.1, 0.15) is 23.0 Å². The van der Waals surface area contributed by atoms with Crippen molar-refractivity contribution < 1.29 is 19.1 Å². The third kappa shape index (κ3) is 4.92. The Morgan fingerprint density at radius 3 is 2.28 bits per heavy atom. The molecule has 0 atom stereocenters. The molecule has 2 aromatic heterocycles. The highest BCUT2D eigenvalue weighted by Crippen LogP contribution is 2.23. The Kier molecular flexibility index (Phi) is 6.13. The maximum absolute atomic E-state index is 12.4. The van der Waals surface area contributed by atoms with Crippen molar-refractivity contribution >= 4 is 33.5 Å². The molecule has 0 bridgehead atoms. The molecule has 0 spiro atoms. The van der Waals surface area contributed by atoms with Gasteiger partial charge in [0, 0.05) is 23.7 Å². The molecule has 4 rings (SSSR count). The quantitative estimate of drug-likeness (QED) is 0.303. The van der Waals surface area contributed by atoms with Crippen molar-refractivity contribution in [1.29, 1.82) is 0 Å². The van der Waals surface area contributed by atoms with Gasteiger partial charge in [0.1, 0.15) is 18.0 Å². The van der Waals surface area contributed by atoms with E-state index in [1.165, 1.54) is 17.4 Å². The van der Waals surface area contributed by atoms with E-state index in [2.05, 4.69) is 20.9 Å². The summed E-state index contributed by atoms with van der Waals surface area (Å²) in [6, 6.07) is 18.8. The lowest BCUT2D eigenvalue weighted by Gasteiger charge is -2.08. The van der Waals surface area contributed by atoms with E-state index in [4.69, 9.17) is 9.47 Å². The van der Waals surface area contributed by atoms with E-state index in [1.807, 2.05) is 12.1 Å². The summed E-state index contributed by atoms with van der Waals surface area (Å²) >= 11 is 3.32. The highest BCUT2D eigenvalue weighted by Gasteiger charge is 2.10. The number of rotatable bonds is 5. The first-order valence-corrected chi connectivity index (χ1v) is 10.4. The smallest absolute Gasteiger partial charge is 0.338 e. The van der Waals surface area contributed by atoms with E-state index in [1.54, 1.807) is 54.7 Å². The van der Waals surface area contributed by atoms with Gasteiger partial charge in [0.15, 0.2) is 0 Å². The number of hydrogen-bond donors (Lipinski definition) is 0. The van der Waals surface area contributed by atoms with Crippen molar-refractivity contribution in [3.05, 3.63) is 99.0 Å². The summed E-state index contributed by atoms with van der Waals surface area (Å²) in [6.07, 6.45) is 1.63. The van der Waals surface area contributed by atoms with Gasteiger partial charge in [-0.05, 0) is 63.5 Å². The SMILES string of the molecule is CC(=O)Oc1ccc(-c2ccc(C(=O)OCc3cc(=O)n4cc(Br)ccc4n3)cc2)cc1. The van der Waals surface area contributed by atoms with Gasteiger partial charge in [-0.1, -0.05) is 24.3 Å². The van der Waals surface area contributed by atoms with Crippen LogP contribution in [-0.2, 0) is 16.1 Å². The molecule has 7 nitrogen and oxygen atoms in total. The number of fused-ring (bicyclic) bond motifs is 1. The summed E-state index contributed by atoms with van der Waals surface area (Å²) in [6.45, 7) is 1.24. The molecule has 8 heteroatoms. The first-order valence-electron chi connectivity index (χ1n) is 9.63. The van der Waals surface area contributed by atoms with Crippen LogP contribution < -0.4 is 10.3 Å². The number of esters is 2. The Labute approximate surface area is 191 Å². The minimum atomic E-state index is -0.514. The molecule has 160 valence electrons. The molecular formula is C24H17BrN2O5. The van der Waals surface area contributed by atoms with Crippen molar-refractivity contribution in [1.82, 2.24) is 9.38 Å². The predicted molar refractivity (Wildman–Crippen MR) is 121 cm³/mol. The molecular weight excluding hydrogens is 476 g/mol. The van der Waals surface area contributed by atoms with Crippen LogP contribution >= 0.6 is 15.9 Å². The Hall–Kier alpha value is -3.78. The van der Waals surface area contributed by atoms with E-state index in [9.17, 15) is 14.4 Å². The number of benzene rings is 2. The summed E-state index contributed by atoms with van der Waals surface area (Å²) in [4.78, 5) is 40.0. The third-order valence-electron chi connectivity index (χ3n) is 4.60. The minimum Gasteiger partial charge on any atom is -0.456 e. The van der Waals surface area contributed by atoms with Gasteiger partial charge >= 0.3 is 11.9 Å². The van der Waals surface area contributed by atoms with Gasteiger partial charge in [-0.2, -0.15) is 0 Å². The normalized spacial score (nSPS) is 10.7. The first-order chi connectivity index (χ1) is 15.4. The fourth-order valence-electron chi connectivity index (χ4n) is 3.10. The topological polar surface area (TPSA) is 87.0 Å². The molecule has 0 aliphatic heterocycles. The second-order valence-corrected chi connectivity index (χ2v) is 7.85. The average molecular weight is 493 g/mol. The van der Waals surface area contributed by atoms with Crippen molar-refractivity contribution in [3.8, 4) is 16.9 Å². The fourth-order valence-corrected chi connectivity index (χ4v) is 3.44. The number of carbonyl (C=O) groups is 2. The summed E-state index contributed by atoms with van der Waals surface area (Å²) in [5.74, 6) is -0.423. The lowest BCUT2D eigenvalue weighted by atomic mass is 10.0. The number of ether oxygens (including phenoxy) is 2. The van der Waals surface area contributed by atoms with Crippen molar-refractivity contribution in [2.45, 2.75) is 13.5 Å². The van der Waals surface area contributed by atoms with Crippen LogP contribution in [-0.4, -0.2) is 21.3 Å². The van der Waals surface area contributed by atoms with Gasteiger partial charge in [0.2, 0.25) is 0 Å². The van der Waals surface area contributed by atoms with Gasteiger partial charge in [-0.15, -0.1) is 0 Å². The number of carbonyl (C=O) groups excluding carboxylic acids is 2.